The first-order valence-corrected chi connectivity index (χ1v) is 15.8. The van der Waals surface area contributed by atoms with Crippen molar-refractivity contribution < 1.29 is 0 Å². The van der Waals surface area contributed by atoms with E-state index in [9.17, 15) is 0 Å². The molecule has 2 aromatic heterocycles. The van der Waals surface area contributed by atoms with Gasteiger partial charge in [0.1, 0.15) is 6.33 Å². The predicted octanol–water partition coefficient (Wildman–Crippen LogP) is 10.5. The second kappa shape index (κ2) is 8.82. The van der Waals surface area contributed by atoms with E-state index in [-0.39, 0.29) is 5.41 Å². The first-order valence-electron chi connectivity index (χ1n) is 15.0. The maximum absolute atomic E-state index is 4.77. The van der Waals surface area contributed by atoms with Crippen molar-refractivity contribution in [1.29, 1.82) is 0 Å². The Hall–Kier alpha value is -5.38. The van der Waals surface area contributed by atoms with E-state index in [4.69, 9.17) is 4.98 Å². The van der Waals surface area contributed by atoms with Crippen LogP contribution in [0.15, 0.2) is 146 Å². The maximum Gasteiger partial charge on any atom is 0.116 e. The molecule has 3 heteroatoms. The third-order valence-electron chi connectivity index (χ3n) is 9.63. The summed E-state index contributed by atoms with van der Waals surface area (Å²) in [6, 6.07) is 51.3. The second-order valence-corrected chi connectivity index (χ2v) is 12.8. The van der Waals surface area contributed by atoms with E-state index in [0.717, 1.165) is 21.5 Å². The highest BCUT2D eigenvalue weighted by atomic mass is 32.1. The van der Waals surface area contributed by atoms with Gasteiger partial charge in [0.15, 0.2) is 0 Å². The molecule has 204 valence electrons. The van der Waals surface area contributed by atoms with Crippen LogP contribution in [0.5, 0.6) is 0 Å². The summed E-state index contributed by atoms with van der Waals surface area (Å²) in [5.74, 6) is 0. The van der Waals surface area contributed by atoms with Crippen molar-refractivity contribution in [2.45, 2.75) is 5.41 Å². The standard InChI is InChI=1S/C41H24N2S/c1-2-10-25(11-3-1)38-40-39(43-24-42-38)32-23-27(19-21-37(32)44-40)26-18-20-36-31(22-26)30-14-6-9-17-35(30)41(36)33-15-7-4-12-28(33)29-13-5-8-16-34(29)41/h1-24H. The highest BCUT2D eigenvalue weighted by Gasteiger charge is 2.51. The van der Waals surface area contributed by atoms with E-state index in [1.165, 1.54) is 65.7 Å². The number of nitrogens with zero attached hydrogens (tertiary/aromatic N) is 2. The van der Waals surface area contributed by atoms with Gasteiger partial charge >= 0.3 is 0 Å². The van der Waals surface area contributed by atoms with Crippen LogP contribution < -0.4 is 0 Å². The molecule has 2 nitrogen and oxygen atoms in total. The minimum Gasteiger partial charge on any atom is -0.235 e. The largest absolute Gasteiger partial charge is 0.235 e. The van der Waals surface area contributed by atoms with Crippen LogP contribution >= 0.6 is 11.3 Å². The molecule has 2 heterocycles. The van der Waals surface area contributed by atoms with Gasteiger partial charge in [0.2, 0.25) is 0 Å². The van der Waals surface area contributed by atoms with Crippen LogP contribution in [-0.4, -0.2) is 9.97 Å². The quantitative estimate of drug-likeness (QED) is 0.205. The number of aromatic nitrogens is 2. The fourth-order valence-electron chi connectivity index (χ4n) is 7.84. The maximum atomic E-state index is 4.77. The number of hydrogen-bond donors (Lipinski definition) is 0. The molecule has 0 aliphatic heterocycles. The Balaban J connectivity index is 1.19. The van der Waals surface area contributed by atoms with Gasteiger partial charge in [-0.05, 0) is 73.8 Å². The zero-order valence-corrected chi connectivity index (χ0v) is 24.5. The molecule has 0 N–H and O–H groups in total. The van der Waals surface area contributed by atoms with Crippen molar-refractivity contribution >= 4 is 31.6 Å². The van der Waals surface area contributed by atoms with Crippen molar-refractivity contribution in [2.75, 3.05) is 0 Å². The normalized spacial score (nSPS) is 13.6. The van der Waals surface area contributed by atoms with Crippen LogP contribution in [0.3, 0.4) is 0 Å². The Kier molecular flexibility index (Phi) is 4.83. The van der Waals surface area contributed by atoms with Gasteiger partial charge in [-0.3, -0.25) is 0 Å². The predicted molar refractivity (Wildman–Crippen MR) is 182 cm³/mol. The SMILES string of the molecule is c1ccc(-c2ncnc3c2sc2ccc(-c4ccc5c(c4)-c4ccccc4C54c5ccccc5-c5ccccc54)cc23)cc1. The number of rotatable bonds is 2. The Bertz CT molecular complexity index is 2410. The Morgan fingerprint density at radius 1 is 0.455 bits per heavy atom. The van der Waals surface area contributed by atoms with E-state index < -0.39 is 0 Å². The first kappa shape index (κ1) is 24.1. The van der Waals surface area contributed by atoms with Crippen molar-refractivity contribution in [1.82, 2.24) is 9.97 Å². The zero-order valence-electron chi connectivity index (χ0n) is 23.7. The van der Waals surface area contributed by atoms with E-state index in [1.54, 1.807) is 17.7 Å². The fourth-order valence-corrected chi connectivity index (χ4v) is 8.98. The molecule has 1 spiro atoms. The van der Waals surface area contributed by atoms with Crippen LogP contribution in [0, 0.1) is 0 Å². The van der Waals surface area contributed by atoms with E-state index >= 15 is 0 Å². The minimum atomic E-state index is -0.310. The monoisotopic (exact) mass is 576 g/mol. The molecular formula is C41H24N2S. The highest BCUT2D eigenvalue weighted by Crippen LogP contribution is 2.62. The number of thiophene rings is 1. The molecule has 0 atom stereocenters. The minimum absolute atomic E-state index is 0.310. The Morgan fingerprint density at radius 2 is 1.02 bits per heavy atom. The lowest BCUT2D eigenvalue weighted by Gasteiger charge is -2.30. The molecule has 2 aliphatic carbocycles. The summed E-state index contributed by atoms with van der Waals surface area (Å²) in [5, 5.41) is 1.18. The Morgan fingerprint density at radius 3 is 1.73 bits per heavy atom. The molecule has 0 saturated heterocycles. The van der Waals surface area contributed by atoms with Crippen molar-refractivity contribution in [3.05, 3.63) is 168 Å². The van der Waals surface area contributed by atoms with Crippen molar-refractivity contribution in [3.8, 4) is 44.6 Å². The summed E-state index contributed by atoms with van der Waals surface area (Å²) in [7, 11) is 0. The molecule has 8 aromatic rings. The topological polar surface area (TPSA) is 25.8 Å². The number of hydrogen-bond acceptors (Lipinski definition) is 3. The molecule has 44 heavy (non-hydrogen) atoms. The lowest BCUT2D eigenvalue weighted by atomic mass is 9.70. The van der Waals surface area contributed by atoms with E-state index in [1.807, 2.05) is 6.07 Å². The molecule has 2 aliphatic rings. The summed E-state index contributed by atoms with van der Waals surface area (Å²) in [4.78, 5) is 9.45. The number of fused-ring (bicyclic) bond motifs is 13. The zero-order chi connectivity index (χ0) is 28.8. The van der Waals surface area contributed by atoms with Crippen LogP contribution in [0.4, 0.5) is 0 Å². The van der Waals surface area contributed by atoms with Gasteiger partial charge in [-0.25, -0.2) is 9.97 Å². The van der Waals surface area contributed by atoms with Gasteiger partial charge in [0, 0.05) is 15.6 Å². The van der Waals surface area contributed by atoms with Gasteiger partial charge in [0.25, 0.3) is 0 Å². The van der Waals surface area contributed by atoms with Gasteiger partial charge in [0.05, 0.1) is 21.3 Å². The van der Waals surface area contributed by atoms with Crippen molar-refractivity contribution in [2.24, 2.45) is 0 Å². The molecule has 0 radical (unpaired) electrons. The van der Waals surface area contributed by atoms with Crippen LogP contribution in [0.25, 0.3) is 64.9 Å². The molecule has 10 rings (SSSR count). The van der Waals surface area contributed by atoms with E-state index in [2.05, 4.69) is 138 Å². The summed E-state index contributed by atoms with van der Waals surface area (Å²) in [6.07, 6.45) is 1.70. The van der Waals surface area contributed by atoms with Crippen LogP contribution in [0.1, 0.15) is 22.3 Å². The molecule has 0 saturated carbocycles. The summed E-state index contributed by atoms with van der Waals surface area (Å²) >= 11 is 1.77. The molecule has 6 aromatic carbocycles. The summed E-state index contributed by atoms with van der Waals surface area (Å²) in [6.45, 7) is 0. The molecule has 0 fully saturated rings. The van der Waals surface area contributed by atoms with E-state index in [0.29, 0.717) is 0 Å². The highest BCUT2D eigenvalue weighted by molar-refractivity contribution is 7.26. The fraction of sp³-hybridized carbons (Fsp3) is 0.0244. The van der Waals surface area contributed by atoms with Crippen LogP contribution in [-0.2, 0) is 5.41 Å². The summed E-state index contributed by atoms with van der Waals surface area (Å²) < 4.78 is 2.36. The molecule has 0 bridgehead atoms. The average molecular weight is 577 g/mol. The Labute approximate surface area is 259 Å². The average Bonchev–Trinajstić information content (AvgIpc) is 3.72. The lowest BCUT2D eigenvalue weighted by Crippen LogP contribution is -2.25. The summed E-state index contributed by atoms with van der Waals surface area (Å²) in [5.41, 5.74) is 16.0. The van der Waals surface area contributed by atoms with Gasteiger partial charge in [-0.2, -0.15) is 0 Å². The molecule has 0 unspecified atom stereocenters. The van der Waals surface area contributed by atoms with Crippen LogP contribution in [0.2, 0.25) is 0 Å². The van der Waals surface area contributed by atoms with Crippen molar-refractivity contribution in [3.63, 3.8) is 0 Å². The van der Waals surface area contributed by atoms with Gasteiger partial charge < -0.3 is 0 Å². The number of benzene rings is 6. The first-order chi connectivity index (χ1) is 21.8. The molecular weight excluding hydrogens is 553 g/mol. The lowest BCUT2D eigenvalue weighted by molar-refractivity contribution is 0.794. The third-order valence-corrected chi connectivity index (χ3v) is 10.8. The van der Waals surface area contributed by atoms with Gasteiger partial charge in [-0.1, -0.05) is 121 Å². The second-order valence-electron chi connectivity index (χ2n) is 11.7. The third kappa shape index (κ3) is 3.04. The smallest absolute Gasteiger partial charge is 0.116 e. The molecule has 0 amide bonds. The van der Waals surface area contributed by atoms with Gasteiger partial charge in [-0.15, -0.1) is 11.3 Å².